The van der Waals surface area contributed by atoms with Gasteiger partial charge in [0.2, 0.25) is 5.91 Å². The molecule has 0 aromatic rings. The van der Waals surface area contributed by atoms with Crippen molar-refractivity contribution in [1.29, 1.82) is 0 Å². The van der Waals surface area contributed by atoms with Crippen molar-refractivity contribution < 1.29 is 9.90 Å². The van der Waals surface area contributed by atoms with Gasteiger partial charge in [-0.3, -0.25) is 9.69 Å². The molecule has 0 aromatic heterocycles. The van der Waals surface area contributed by atoms with E-state index in [1.807, 2.05) is 4.90 Å². The number of nitrogens with zero attached hydrogens (tertiary/aromatic N) is 2. The van der Waals surface area contributed by atoms with Crippen LogP contribution in [-0.2, 0) is 4.79 Å². The first kappa shape index (κ1) is 13.8. The van der Waals surface area contributed by atoms with Crippen LogP contribution in [0.3, 0.4) is 0 Å². The zero-order valence-corrected chi connectivity index (χ0v) is 11.1. The van der Waals surface area contributed by atoms with E-state index in [2.05, 4.69) is 10.2 Å². The molecule has 1 unspecified atom stereocenters. The molecule has 0 saturated carbocycles. The average molecular weight is 255 g/mol. The number of carbonyl (C=O) groups is 1. The summed E-state index contributed by atoms with van der Waals surface area (Å²) in [7, 11) is 0. The molecular weight excluding hydrogens is 230 g/mol. The van der Waals surface area contributed by atoms with Gasteiger partial charge in [0.1, 0.15) is 0 Å². The van der Waals surface area contributed by atoms with Gasteiger partial charge in [-0.25, -0.2) is 0 Å². The zero-order valence-electron chi connectivity index (χ0n) is 11.1. The highest BCUT2D eigenvalue weighted by Gasteiger charge is 2.33. The number of unbranched alkanes of at least 4 members (excludes halogenated alkanes) is 1. The Kier molecular flexibility index (Phi) is 5.41. The molecule has 2 aliphatic rings. The third kappa shape index (κ3) is 3.43. The van der Waals surface area contributed by atoms with Crippen LogP contribution in [0, 0.1) is 0 Å². The summed E-state index contributed by atoms with van der Waals surface area (Å²) in [5, 5.41) is 12.1. The second-order valence-corrected chi connectivity index (χ2v) is 5.20. The van der Waals surface area contributed by atoms with Crippen LogP contribution in [0.25, 0.3) is 0 Å². The Bertz CT molecular complexity index is 267. The largest absolute Gasteiger partial charge is 0.396 e. The lowest BCUT2D eigenvalue weighted by molar-refractivity contribution is -0.136. The van der Waals surface area contributed by atoms with E-state index < -0.39 is 0 Å². The quantitative estimate of drug-likeness (QED) is 0.660. The predicted molar refractivity (Wildman–Crippen MR) is 70.4 cm³/mol. The van der Waals surface area contributed by atoms with Crippen molar-refractivity contribution >= 4 is 5.91 Å². The number of aliphatic hydroxyl groups excluding tert-OH is 1. The Hall–Kier alpha value is -0.650. The molecule has 104 valence electrons. The van der Waals surface area contributed by atoms with Gasteiger partial charge in [0.15, 0.2) is 0 Å². The molecule has 2 N–H and O–H groups in total. The number of hydrogen-bond acceptors (Lipinski definition) is 4. The molecule has 1 atom stereocenters. The first-order chi connectivity index (χ1) is 8.83. The fourth-order valence-corrected chi connectivity index (χ4v) is 2.90. The lowest BCUT2D eigenvalue weighted by Gasteiger charge is -2.33. The van der Waals surface area contributed by atoms with E-state index in [0.29, 0.717) is 5.91 Å². The van der Waals surface area contributed by atoms with Crippen LogP contribution < -0.4 is 5.32 Å². The van der Waals surface area contributed by atoms with E-state index in [1.54, 1.807) is 0 Å². The van der Waals surface area contributed by atoms with Gasteiger partial charge in [-0.15, -0.1) is 0 Å². The van der Waals surface area contributed by atoms with Crippen LogP contribution in [0.1, 0.15) is 25.7 Å². The Morgan fingerprint density at radius 2 is 2.00 bits per heavy atom. The molecule has 2 fully saturated rings. The molecule has 0 spiro atoms. The monoisotopic (exact) mass is 255 g/mol. The van der Waals surface area contributed by atoms with Crippen LogP contribution >= 0.6 is 0 Å². The van der Waals surface area contributed by atoms with E-state index in [0.717, 1.165) is 65.0 Å². The first-order valence-electron chi connectivity index (χ1n) is 7.17. The molecule has 2 rings (SSSR count). The molecule has 0 bridgehead atoms. The van der Waals surface area contributed by atoms with Gasteiger partial charge >= 0.3 is 0 Å². The van der Waals surface area contributed by atoms with Crippen LogP contribution in [0.5, 0.6) is 0 Å². The lowest BCUT2D eigenvalue weighted by atomic mass is 10.1. The smallest absolute Gasteiger partial charge is 0.240 e. The SMILES string of the molecule is O=C(C1CCCN1CCCCO)N1CCNCC1. The number of aliphatic hydroxyl groups is 1. The van der Waals surface area contributed by atoms with Crippen molar-refractivity contribution in [3.8, 4) is 0 Å². The standard InChI is InChI=1S/C13H25N3O2/c17-11-2-1-7-15-8-3-4-12(15)13(18)16-9-5-14-6-10-16/h12,14,17H,1-11H2. The molecule has 2 saturated heterocycles. The molecule has 0 aromatic carbocycles. The van der Waals surface area contributed by atoms with Crippen LogP contribution in [0.15, 0.2) is 0 Å². The number of nitrogens with one attached hydrogen (secondary N) is 1. The van der Waals surface area contributed by atoms with Crippen molar-refractivity contribution in [2.75, 3.05) is 45.9 Å². The third-order valence-corrected chi connectivity index (χ3v) is 3.93. The summed E-state index contributed by atoms with van der Waals surface area (Å²) in [6.45, 7) is 5.77. The van der Waals surface area contributed by atoms with Gasteiger partial charge in [-0.2, -0.15) is 0 Å². The number of piperazine rings is 1. The molecule has 2 aliphatic heterocycles. The van der Waals surface area contributed by atoms with Crippen molar-refractivity contribution in [3.63, 3.8) is 0 Å². The third-order valence-electron chi connectivity index (χ3n) is 3.93. The summed E-state index contributed by atoms with van der Waals surface area (Å²) in [6.07, 6.45) is 3.95. The van der Waals surface area contributed by atoms with Gasteiger partial charge in [-0.05, 0) is 38.8 Å². The molecule has 5 nitrogen and oxygen atoms in total. The van der Waals surface area contributed by atoms with E-state index in [-0.39, 0.29) is 12.6 Å². The second-order valence-electron chi connectivity index (χ2n) is 5.20. The average Bonchev–Trinajstić information content (AvgIpc) is 2.88. The zero-order chi connectivity index (χ0) is 12.8. The van der Waals surface area contributed by atoms with Gasteiger partial charge in [0, 0.05) is 32.8 Å². The normalized spacial score (nSPS) is 25.6. The molecule has 1 amide bonds. The molecular formula is C13H25N3O2. The highest BCUT2D eigenvalue weighted by atomic mass is 16.3. The first-order valence-corrected chi connectivity index (χ1v) is 7.17. The van der Waals surface area contributed by atoms with Crippen molar-refractivity contribution in [2.24, 2.45) is 0 Å². The summed E-state index contributed by atoms with van der Waals surface area (Å²) in [4.78, 5) is 16.8. The number of hydrogen-bond donors (Lipinski definition) is 2. The van der Waals surface area contributed by atoms with E-state index in [4.69, 9.17) is 5.11 Å². The van der Waals surface area contributed by atoms with Crippen LogP contribution in [0.2, 0.25) is 0 Å². The molecule has 0 radical (unpaired) electrons. The minimum absolute atomic E-state index is 0.0989. The molecule has 2 heterocycles. The van der Waals surface area contributed by atoms with E-state index in [1.165, 1.54) is 0 Å². The maximum atomic E-state index is 12.5. The van der Waals surface area contributed by atoms with Gasteiger partial charge in [-0.1, -0.05) is 0 Å². The van der Waals surface area contributed by atoms with Crippen molar-refractivity contribution in [3.05, 3.63) is 0 Å². The Balaban J connectivity index is 1.83. The number of likely N-dealkylation sites (tertiary alicyclic amines) is 1. The fourth-order valence-electron chi connectivity index (χ4n) is 2.90. The minimum Gasteiger partial charge on any atom is -0.396 e. The summed E-state index contributed by atoms with van der Waals surface area (Å²) in [5.74, 6) is 0.318. The Morgan fingerprint density at radius 1 is 1.22 bits per heavy atom. The van der Waals surface area contributed by atoms with Crippen LogP contribution in [-0.4, -0.2) is 72.7 Å². The summed E-state index contributed by atoms with van der Waals surface area (Å²) in [5.41, 5.74) is 0. The van der Waals surface area contributed by atoms with E-state index in [9.17, 15) is 4.79 Å². The molecule has 5 heteroatoms. The predicted octanol–water partition coefficient (Wildman–Crippen LogP) is -0.345. The topological polar surface area (TPSA) is 55.8 Å². The van der Waals surface area contributed by atoms with Gasteiger partial charge in [0.05, 0.1) is 6.04 Å². The Labute approximate surface area is 109 Å². The van der Waals surface area contributed by atoms with Gasteiger partial charge in [0.25, 0.3) is 0 Å². The van der Waals surface area contributed by atoms with Gasteiger partial charge < -0.3 is 15.3 Å². The summed E-state index contributed by atoms with van der Waals surface area (Å²) >= 11 is 0. The number of rotatable bonds is 5. The van der Waals surface area contributed by atoms with Crippen molar-refractivity contribution in [2.45, 2.75) is 31.7 Å². The van der Waals surface area contributed by atoms with Crippen LogP contribution in [0.4, 0.5) is 0 Å². The molecule has 0 aliphatic carbocycles. The lowest BCUT2D eigenvalue weighted by Crippen LogP contribution is -2.52. The summed E-state index contributed by atoms with van der Waals surface area (Å²) in [6, 6.07) is 0.0989. The maximum absolute atomic E-state index is 12.5. The minimum atomic E-state index is 0.0989. The highest BCUT2D eigenvalue weighted by molar-refractivity contribution is 5.82. The Morgan fingerprint density at radius 3 is 2.72 bits per heavy atom. The fraction of sp³-hybridized carbons (Fsp3) is 0.923. The number of carbonyl (C=O) groups excluding carboxylic acids is 1. The second kappa shape index (κ2) is 7.07. The van der Waals surface area contributed by atoms with Crippen molar-refractivity contribution in [1.82, 2.24) is 15.1 Å². The summed E-state index contributed by atoms with van der Waals surface area (Å²) < 4.78 is 0. The highest BCUT2D eigenvalue weighted by Crippen LogP contribution is 2.20. The maximum Gasteiger partial charge on any atom is 0.240 e. The number of amides is 1. The molecule has 18 heavy (non-hydrogen) atoms. The van der Waals surface area contributed by atoms with E-state index >= 15 is 0 Å².